The number of anilines is 1. The molecule has 0 radical (unpaired) electrons. The highest BCUT2D eigenvalue weighted by Gasteiger charge is 2.32. The highest BCUT2D eigenvalue weighted by Crippen LogP contribution is 2.29. The molecule has 2 N–H and O–H groups in total. The van der Waals surface area contributed by atoms with E-state index in [9.17, 15) is 22.8 Å². The van der Waals surface area contributed by atoms with Crippen LogP contribution in [0.3, 0.4) is 0 Å². The van der Waals surface area contributed by atoms with E-state index in [-0.39, 0.29) is 0 Å². The van der Waals surface area contributed by atoms with Crippen LogP contribution in [0.4, 0.5) is 23.7 Å². The molecule has 0 atom stereocenters. The Balaban J connectivity index is 3.33. The van der Waals surface area contributed by atoms with Gasteiger partial charge in [0, 0.05) is 13.2 Å². The number of amides is 1. The summed E-state index contributed by atoms with van der Waals surface area (Å²) in [5.41, 5.74) is -2.58. The molecule has 16 heavy (non-hydrogen) atoms. The Hall–Kier alpha value is -1.99. The van der Waals surface area contributed by atoms with Gasteiger partial charge in [-0.3, -0.25) is 10.1 Å². The summed E-state index contributed by atoms with van der Waals surface area (Å²) in [7, 11) is 1.10. The molecule has 1 aromatic rings. The number of aromatic nitrogens is 1. The number of hydrogen-bond acceptors (Lipinski definition) is 2. The summed E-state index contributed by atoms with van der Waals surface area (Å²) in [5, 5.41) is 9.95. The van der Waals surface area contributed by atoms with Crippen molar-refractivity contribution in [3.63, 3.8) is 0 Å². The van der Waals surface area contributed by atoms with Crippen molar-refractivity contribution < 1.29 is 23.1 Å². The molecule has 0 aliphatic heterocycles. The Bertz CT molecular complexity index is 478. The standard InChI is InChI=1S/C8H7F3N2O3/c1-13-3-4(8(9,10)11)2-5(6(13)14)12-7(15)16/h2-3,12H,1H3,(H,15,16). The number of rotatable bonds is 1. The Morgan fingerprint density at radius 1 is 1.50 bits per heavy atom. The Morgan fingerprint density at radius 3 is 2.50 bits per heavy atom. The molecule has 8 heteroatoms. The fourth-order valence-electron chi connectivity index (χ4n) is 1.07. The van der Waals surface area contributed by atoms with Gasteiger partial charge in [-0.25, -0.2) is 4.79 Å². The van der Waals surface area contributed by atoms with Crippen LogP contribution in [0.5, 0.6) is 0 Å². The van der Waals surface area contributed by atoms with Crippen molar-refractivity contribution in [2.24, 2.45) is 7.05 Å². The number of carbonyl (C=O) groups is 1. The molecule has 0 unspecified atom stereocenters. The molecule has 1 amide bonds. The van der Waals surface area contributed by atoms with E-state index in [1.54, 1.807) is 5.32 Å². The first kappa shape index (κ1) is 12.1. The molecule has 0 fully saturated rings. The van der Waals surface area contributed by atoms with Gasteiger partial charge in [-0.15, -0.1) is 0 Å². The van der Waals surface area contributed by atoms with Crippen LogP contribution in [-0.2, 0) is 13.2 Å². The fourth-order valence-corrected chi connectivity index (χ4v) is 1.07. The lowest BCUT2D eigenvalue weighted by Gasteiger charge is -2.10. The molecule has 1 heterocycles. The molecule has 0 aliphatic rings. The van der Waals surface area contributed by atoms with Crippen LogP contribution < -0.4 is 10.9 Å². The van der Waals surface area contributed by atoms with Gasteiger partial charge in [0.05, 0.1) is 5.56 Å². The van der Waals surface area contributed by atoms with Crippen LogP contribution in [0.25, 0.3) is 0 Å². The van der Waals surface area contributed by atoms with Crippen LogP contribution in [0.15, 0.2) is 17.1 Å². The van der Waals surface area contributed by atoms with E-state index in [1.807, 2.05) is 0 Å². The number of pyridine rings is 1. The highest BCUT2D eigenvalue weighted by molar-refractivity contribution is 5.82. The summed E-state index contributed by atoms with van der Waals surface area (Å²) in [5.74, 6) is 0. The van der Waals surface area contributed by atoms with Crippen molar-refractivity contribution in [3.05, 3.63) is 28.2 Å². The van der Waals surface area contributed by atoms with Crippen molar-refractivity contribution in [1.82, 2.24) is 4.57 Å². The van der Waals surface area contributed by atoms with Crippen molar-refractivity contribution in [1.29, 1.82) is 0 Å². The maximum atomic E-state index is 12.3. The molecule has 0 saturated heterocycles. The normalized spacial score (nSPS) is 11.2. The zero-order valence-corrected chi connectivity index (χ0v) is 8.00. The second kappa shape index (κ2) is 3.87. The fraction of sp³-hybridized carbons (Fsp3) is 0.250. The molecule has 88 valence electrons. The van der Waals surface area contributed by atoms with Crippen LogP contribution in [0.1, 0.15) is 5.56 Å². The van der Waals surface area contributed by atoms with E-state index in [1.165, 1.54) is 0 Å². The van der Waals surface area contributed by atoms with Crippen molar-refractivity contribution in [2.45, 2.75) is 6.18 Å². The predicted octanol–water partition coefficient (Wildman–Crippen LogP) is 1.49. The Kier molecular flexibility index (Phi) is 2.92. The van der Waals surface area contributed by atoms with Crippen molar-refractivity contribution in [2.75, 3.05) is 5.32 Å². The van der Waals surface area contributed by atoms with E-state index in [0.29, 0.717) is 16.8 Å². The van der Waals surface area contributed by atoms with Gasteiger partial charge in [0.1, 0.15) is 5.69 Å². The summed E-state index contributed by atoms with van der Waals surface area (Å²) in [4.78, 5) is 21.5. The summed E-state index contributed by atoms with van der Waals surface area (Å²) in [6.07, 6.45) is -5.65. The lowest BCUT2D eigenvalue weighted by molar-refractivity contribution is -0.138. The zero-order valence-electron chi connectivity index (χ0n) is 8.00. The van der Waals surface area contributed by atoms with Gasteiger partial charge < -0.3 is 9.67 Å². The molecule has 0 aliphatic carbocycles. The van der Waals surface area contributed by atoms with Crippen LogP contribution in [0.2, 0.25) is 0 Å². The van der Waals surface area contributed by atoms with Crippen molar-refractivity contribution >= 4 is 11.8 Å². The molecule has 0 saturated carbocycles. The van der Waals surface area contributed by atoms with E-state index < -0.39 is 29.1 Å². The minimum atomic E-state index is -4.64. The molecule has 1 rings (SSSR count). The van der Waals surface area contributed by atoms with Gasteiger partial charge in [0.2, 0.25) is 0 Å². The van der Waals surface area contributed by atoms with Crippen LogP contribution in [-0.4, -0.2) is 15.8 Å². The van der Waals surface area contributed by atoms with E-state index in [2.05, 4.69) is 0 Å². The average molecular weight is 236 g/mol. The second-order valence-electron chi connectivity index (χ2n) is 2.99. The van der Waals surface area contributed by atoms with Gasteiger partial charge in [-0.05, 0) is 6.07 Å². The number of nitrogens with one attached hydrogen (secondary N) is 1. The maximum absolute atomic E-state index is 12.3. The zero-order chi connectivity index (χ0) is 12.5. The molecule has 0 bridgehead atoms. The van der Waals surface area contributed by atoms with Crippen LogP contribution >= 0.6 is 0 Å². The average Bonchev–Trinajstić information content (AvgIpc) is 2.10. The molecule has 0 spiro atoms. The first-order valence-corrected chi connectivity index (χ1v) is 3.99. The number of carboxylic acid groups (broad SMARTS) is 1. The smallest absolute Gasteiger partial charge is 0.417 e. The third kappa shape index (κ3) is 2.53. The van der Waals surface area contributed by atoms with Gasteiger partial charge in [0.25, 0.3) is 5.56 Å². The summed E-state index contributed by atoms with van der Waals surface area (Å²) < 4.78 is 37.6. The lowest BCUT2D eigenvalue weighted by Crippen LogP contribution is -2.25. The van der Waals surface area contributed by atoms with Gasteiger partial charge in [0.15, 0.2) is 0 Å². The summed E-state index contributed by atoms with van der Waals surface area (Å²) in [6.45, 7) is 0. The third-order valence-corrected chi connectivity index (χ3v) is 1.75. The number of alkyl halides is 3. The molecule has 5 nitrogen and oxygen atoms in total. The lowest BCUT2D eigenvalue weighted by atomic mass is 10.2. The predicted molar refractivity (Wildman–Crippen MR) is 48.3 cm³/mol. The highest BCUT2D eigenvalue weighted by atomic mass is 19.4. The summed E-state index contributed by atoms with van der Waals surface area (Å²) in [6, 6.07) is 0.455. The maximum Gasteiger partial charge on any atom is 0.417 e. The number of aryl methyl sites for hydroxylation is 1. The molecular weight excluding hydrogens is 229 g/mol. The first-order chi connectivity index (χ1) is 7.21. The monoisotopic (exact) mass is 236 g/mol. The Labute approximate surface area is 87.1 Å². The Morgan fingerprint density at radius 2 is 2.06 bits per heavy atom. The van der Waals surface area contributed by atoms with Gasteiger partial charge >= 0.3 is 12.3 Å². The molecular formula is C8H7F3N2O3. The minimum Gasteiger partial charge on any atom is -0.465 e. The number of nitrogens with zero attached hydrogens (tertiary/aromatic N) is 1. The minimum absolute atomic E-state index is 0.455. The van der Waals surface area contributed by atoms with Crippen LogP contribution in [0, 0.1) is 0 Å². The summed E-state index contributed by atoms with van der Waals surface area (Å²) >= 11 is 0. The topological polar surface area (TPSA) is 71.3 Å². The van der Waals surface area contributed by atoms with E-state index in [0.717, 1.165) is 7.05 Å². The quantitative estimate of drug-likeness (QED) is 0.776. The molecule has 1 aromatic heterocycles. The second-order valence-corrected chi connectivity index (χ2v) is 2.99. The number of halogens is 3. The van der Waals surface area contributed by atoms with Crippen molar-refractivity contribution in [3.8, 4) is 0 Å². The van der Waals surface area contributed by atoms with E-state index >= 15 is 0 Å². The van der Waals surface area contributed by atoms with Gasteiger partial charge in [-0.2, -0.15) is 13.2 Å². The van der Waals surface area contributed by atoms with Gasteiger partial charge in [-0.1, -0.05) is 0 Å². The van der Waals surface area contributed by atoms with E-state index in [4.69, 9.17) is 5.11 Å². The SMILES string of the molecule is Cn1cc(C(F)(F)F)cc(NC(=O)O)c1=O. The third-order valence-electron chi connectivity index (χ3n) is 1.75. The molecule has 0 aromatic carbocycles. The largest absolute Gasteiger partial charge is 0.465 e. The first-order valence-electron chi connectivity index (χ1n) is 3.99. The number of hydrogen-bond donors (Lipinski definition) is 2.